The second-order valence-corrected chi connectivity index (χ2v) is 6.08. The predicted octanol–water partition coefficient (Wildman–Crippen LogP) is 4.08. The average molecular weight is 362 g/mol. The summed E-state index contributed by atoms with van der Waals surface area (Å²) in [5, 5.41) is 3.34. The fraction of sp³-hybridized carbons (Fsp3) is 0.316. The van der Waals surface area contributed by atoms with Crippen LogP contribution < -0.4 is 19.5 Å². The molecule has 1 amide bonds. The molecular formula is C19H20ClNO4. The molecule has 2 aromatic carbocycles. The van der Waals surface area contributed by atoms with Crippen molar-refractivity contribution in [3.05, 3.63) is 47.0 Å². The van der Waals surface area contributed by atoms with Gasteiger partial charge in [0, 0.05) is 0 Å². The van der Waals surface area contributed by atoms with Gasteiger partial charge in [0.15, 0.2) is 11.5 Å². The normalized spacial score (nSPS) is 12.6. The van der Waals surface area contributed by atoms with Gasteiger partial charge >= 0.3 is 0 Å². The second-order valence-electron chi connectivity index (χ2n) is 5.67. The van der Waals surface area contributed by atoms with E-state index in [0.29, 0.717) is 47.8 Å². The number of carbonyl (C=O) groups is 1. The Balaban J connectivity index is 1.70. The molecule has 0 aromatic heterocycles. The minimum atomic E-state index is -0.153. The van der Waals surface area contributed by atoms with Gasteiger partial charge in [-0.05, 0) is 36.2 Å². The van der Waals surface area contributed by atoms with E-state index in [9.17, 15) is 4.79 Å². The fourth-order valence-electron chi connectivity index (χ4n) is 2.55. The molecule has 5 nitrogen and oxygen atoms in total. The monoisotopic (exact) mass is 361 g/mol. The number of para-hydroxylation sites is 2. The maximum absolute atomic E-state index is 12.4. The van der Waals surface area contributed by atoms with Gasteiger partial charge in [0.2, 0.25) is 5.91 Å². The number of ether oxygens (including phenoxy) is 3. The number of nitrogens with one attached hydrogen (secondary N) is 1. The van der Waals surface area contributed by atoms with Gasteiger partial charge in [0.1, 0.15) is 19.0 Å². The highest BCUT2D eigenvalue weighted by molar-refractivity contribution is 6.32. The number of hydrogen-bond donors (Lipinski definition) is 1. The highest BCUT2D eigenvalue weighted by Gasteiger charge is 2.18. The first-order valence-corrected chi connectivity index (χ1v) is 8.65. The van der Waals surface area contributed by atoms with E-state index >= 15 is 0 Å². The van der Waals surface area contributed by atoms with Gasteiger partial charge in [-0.1, -0.05) is 30.7 Å². The maximum atomic E-state index is 12.4. The lowest BCUT2D eigenvalue weighted by atomic mass is 10.1. The Kier molecular flexibility index (Phi) is 5.66. The number of benzene rings is 2. The number of amides is 1. The molecule has 1 aliphatic heterocycles. The molecule has 0 bridgehead atoms. The molecule has 25 heavy (non-hydrogen) atoms. The van der Waals surface area contributed by atoms with Crippen molar-refractivity contribution in [1.82, 2.24) is 0 Å². The molecule has 0 aliphatic carbocycles. The Hall–Kier alpha value is -2.40. The largest absolute Gasteiger partial charge is 0.491 e. The summed E-state index contributed by atoms with van der Waals surface area (Å²) in [5.74, 6) is 1.63. The van der Waals surface area contributed by atoms with E-state index in [1.54, 1.807) is 12.1 Å². The van der Waals surface area contributed by atoms with Crippen molar-refractivity contribution in [2.45, 2.75) is 19.8 Å². The van der Waals surface area contributed by atoms with Crippen molar-refractivity contribution < 1.29 is 19.0 Å². The summed E-state index contributed by atoms with van der Waals surface area (Å²) in [5.41, 5.74) is 1.42. The summed E-state index contributed by atoms with van der Waals surface area (Å²) < 4.78 is 16.7. The zero-order valence-corrected chi connectivity index (χ0v) is 14.8. The van der Waals surface area contributed by atoms with E-state index in [1.165, 1.54) is 0 Å². The molecule has 0 spiro atoms. The summed E-state index contributed by atoms with van der Waals surface area (Å²) >= 11 is 6.22. The molecule has 0 saturated heterocycles. The lowest BCUT2D eigenvalue weighted by Crippen LogP contribution is -2.18. The maximum Gasteiger partial charge on any atom is 0.228 e. The van der Waals surface area contributed by atoms with Gasteiger partial charge < -0.3 is 19.5 Å². The van der Waals surface area contributed by atoms with E-state index in [1.807, 2.05) is 31.2 Å². The summed E-state index contributed by atoms with van der Waals surface area (Å²) in [6.45, 7) is 3.58. The molecular weight excluding hydrogens is 342 g/mol. The van der Waals surface area contributed by atoms with Gasteiger partial charge in [-0.2, -0.15) is 0 Å². The van der Waals surface area contributed by atoms with Crippen LogP contribution in [0.4, 0.5) is 5.69 Å². The lowest BCUT2D eigenvalue weighted by Gasteiger charge is -2.20. The summed E-state index contributed by atoms with van der Waals surface area (Å²) in [6, 6.07) is 10.9. The van der Waals surface area contributed by atoms with Crippen LogP contribution in [0.5, 0.6) is 17.2 Å². The standard InChI is InChI=1S/C19H20ClNO4/c1-2-7-23-16-6-4-3-5-15(16)21-18(22)12-13-10-14(20)19-17(11-13)24-8-9-25-19/h3-6,10-11H,2,7-9,12H2,1H3,(H,21,22). The second kappa shape index (κ2) is 8.12. The van der Waals surface area contributed by atoms with Crippen LogP contribution in [0.1, 0.15) is 18.9 Å². The van der Waals surface area contributed by atoms with Crippen LogP contribution in [0.25, 0.3) is 0 Å². The third-order valence-corrected chi connectivity index (χ3v) is 3.92. The first-order valence-electron chi connectivity index (χ1n) is 8.27. The van der Waals surface area contributed by atoms with E-state index in [0.717, 1.165) is 12.0 Å². The highest BCUT2D eigenvalue weighted by Crippen LogP contribution is 2.38. The van der Waals surface area contributed by atoms with Crippen LogP contribution in [0.3, 0.4) is 0 Å². The van der Waals surface area contributed by atoms with Crippen LogP contribution in [-0.4, -0.2) is 25.7 Å². The third kappa shape index (κ3) is 4.37. The molecule has 1 N–H and O–H groups in total. The topological polar surface area (TPSA) is 56.8 Å². The Bertz CT molecular complexity index is 763. The van der Waals surface area contributed by atoms with E-state index in [2.05, 4.69) is 5.32 Å². The highest BCUT2D eigenvalue weighted by atomic mass is 35.5. The van der Waals surface area contributed by atoms with E-state index in [-0.39, 0.29) is 12.3 Å². The van der Waals surface area contributed by atoms with Crippen molar-refractivity contribution in [1.29, 1.82) is 0 Å². The summed E-state index contributed by atoms with van der Waals surface area (Å²) in [6.07, 6.45) is 1.08. The third-order valence-electron chi connectivity index (χ3n) is 3.64. The van der Waals surface area contributed by atoms with Gasteiger partial charge in [-0.15, -0.1) is 0 Å². The number of halogens is 1. The van der Waals surface area contributed by atoms with Crippen molar-refractivity contribution in [2.75, 3.05) is 25.1 Å². The molecule has 132 valence electrons. The molecule has 6 heteroatoms. The van der Waals surface area contributed by atoms with Gasteiger partial charge in [-0.25, -0.2) is 0 Å². The quantitative estimate of drug-likeness (QED) is 0.842. The molecule has 0 radical (unpaired) electrons. The Morgan fingerprint density at radius 3 is 2.88 bits per heavy atom. The molecule has 2 aromatic rings. The number of fused-ring (bicyclic) bond motifs is 1. The molecule has 0 saturated carbocycles. The first kappa shape index (κ1) is 17.4. The zero-order chi connectivity index (χ0) is 17.6. The van der Waals surface area contributed by atoms with Crippen LogP contribution in [0.2, 0.25) is 5.02 Å². The van der Waals surface area contributed by atoms with Crippen molar-refractivity contribution >= 4 is 23.2 Å². The number of hydrogen-bond acceptors (Lipinski definition) is 4. The molecule has 0 fully saturated rings. The number of anilines is 1. The Morgan fingerprint density at radius 1 is 1.24 bits per heavy atom. The summed E-state index contributed by atoms with van der Waals surface area (Å²) in [7, 11) is 0. The van der Waals surface area contributed by atoms with Crippen molar-refractivity contribution in [3.8, 4) is 17.2 Å². The zero-order valence-electron chi connectivity index (χ0n) is 14.0. The fourth-order valence-corrected chi connectivity index (χ4v) is 2.84. The summed E-state index contributed by atoms with van der Waals surface area (Å²) in [4.78, 5) is 12.4. The number of carbonyl (C=O) groups excluding carboxylic acids is 1. The average Bonchev–Trinajstić information content (AvgIpc) is 2.61. The Morgan fingerprint density at radius 2 is 2.04 bits per heavy atom. The van der Waals surface area contributed by atoms with E-state index in [4.69, 9.17) is 25.8 Å². The SMILES string of the molecule is CCCOc1ccccc1NC(=O)Cc1cc(Cl)c2c(c1)OCCO2. The molecule has 1 heterocycles. The van der Waals surface area contributed by atoms with Crippen LogP contribution in [-0.2, 0) is 11.2 Å². The predicted molar refractivity (Wildman–Crippen MR) is 97.0 cm³/mol. The van der Waals surface area contributed by atoms with Gasteiger partial charge in [0.25, 0.3) is 0 Å². The molecule has 0 unspecified atom stereocenters. The Labute approximate surface area is 151 Å². The minimum absolute atomic E-state index is 0.153. The van der Waals surface area contributed by atoms with Gasteiger partial charge in [0.05, 0.1) is 23.7 Å². The first-order chi connectivity index (χ1) is 12.2. The van der Waals surface area contributed by atoms with E-state index < -0.39 is 0 Å². The molecule has 0 atom stereocenters. The van der Waals surface area contributed by atoms with Gasteiger partial charge in [-0.3, -0.25) is 4.79 Å². The number of rotatable bonds is 6. The van der Waals surface area contributed by atoms with Crippen molar-refractivity contribution in [2.24, 2.45) is 0 Å². The molecule has 3 rings (SSSR count). The minimum Gasteiger partial charge on any atom is -0.491 e. The van der Waals surface area contributed by atoms with Crippen molar-refractivity contribution in [3.63, 3.8) is 0 Å². The van der Waals surface area contributed by atoms with Crippen LogP contribution in [0, 0.1) is 0 Å². The van der Waals surface area contributed by atoms with Crippen LogP contribution in [0.15, 0.2) is 36.4 Å². The van der Waals surface area contributed by atoms with Crippen LogP contribution >= 0.6 is 11.6 Å². The smallest absolute Gasteiger partial charge is 0.228 e. The lowest BCUT2D eigenvalue weighted by molar-refractivity contribution is -0.115. The molecule has 1 aliphatic rings.